The van der Waals surface area contributed by atoms with Crippen molar-refractivity contribution in [1.82, 2.24) is 10.2 Å². The van der Waals surface area contributed by atoms with E-state index in [2.05, 4.69) is 70.7 Å². The van der Waals surface area contributed by atoms with E-state index in [-0.39, 0.29) is 24.0 Å². The molecule has 1 N–H and O–H groups in total. The Morgan fingerprint density at radius 1 is 1.14 bits per heavy atom. The molecule has 0 amide bonds. The van der Waals surface area contributed by atoms with Gasteiger partial charge in [0.15, 0.2) is 5.96 Å². The normalized spacial score (nSPS) is 16.7. The lowest BCUT2D eigenvalue weighted by Crippen LogP contribution is -2.41. The van der Waals surface area contributed by atoms with E-state index >= 15 is 0 Å². The molecule has 0 saturated carbocycles. The van der Waals surface area contributed by atoms with Gasteiger partial charge in [-0.15, -0.1) is 24.0 Å². The molecule has 2 aromatic carbocycles. The Morgan fingerprint density at radius 3 is 2.68 bits per heavy atom. The van der Waals surface area contributed by atoms with Gasteiger partial charge in [0.05, 0.1) is 13.2 Å². The van der Waals surface area contributed by atoms with E-state index in [1.165, 1.54) is 16.7 Å². The summed E-state index contributed by atoms with van der Waals surface area (Å²) in [6, 6.07) is 19.1. The maximum Gasteiger partial charge on any atom is 0.193 e. The maximum absolute atomic E-state index is 5.93. The van der Waals surface area contributed by atoms with Crippen LogP contribution in [0.5, 0.6) is 0 Å². The first-order valence-corrected chi connectivity index (χ1v) is 9.87. The zero-order chi connectivity index (χ0) is 18.9. The molecule has 1 atom stereocenters. The maximum atomic E-state index is 5.93. The summed E-state index contributed by atoms with van der Waals surface area (Å²) in [6.45, 7) is 6.61. The number of likely N-dealkylation sites (tertiary alicyclic amines) is 1. The van der Waals surface area contributed by atoms with Gasteiger partial charge in [-0.2, -0.15) is 0 Å². The van der Waals surface area contributed by atoms with Crippen molar-refractivity contribution in [3.05, 3.63) is 71.3 Å². The standard InChI is InChI=1S/C23H31N3O.HI/c1-19-7-6-10-20(15-19)11-13-25-23(24-2)26-14-12-22(16-26)18-27-17-21-8-4-3-5-9-21;/h3-10,15,22H,11-14,16-18H2,1-2H3,(H,24,25);1H. The van der Waals surface area contributed by atoms with Crippen LogP contribution in [0.3, 0.4) is 0 Å². The Balaban J connectivity index is 0.00000280. The van der Waals surface area contributed by atoms with Crippen molar-refractivity contribution in [1.29, 1.82) is 0 Å². The Hall–Kier alpha value is -1.60. The Bertz CT molecular complexity index is 736. The third-order valence-corrected chi connectivity index (χ3v) is 5.04. The summed E-state index contributed by atoms with van der Waals surface area (Å²) in [6.07, 6.45) is 2.17. The SMILES string of the molecule is CN=C(NCCc1cccc(C)c1)N1CCC(COCc2ccccc2)C1.I. The van der Waals surface area contributed by atoms with Gasteiger partial charge in [-0.05, 0) is 30.9 Å². The summed E-state index contributed by atoms with van der Waals surface area (Å²) in [5.41, 5.74) is 3.92. The molecule has 0 radical (unpaired) electrons. The van der Waals surface area contributed by atoms with Crippen molar-refractivity contribution in [3.8, 4) is 0 Å². The molecule has 1 aliphatic heterocycles. The Kier molecular flexibility index (Phi) is 9.78. The molecular formula is C23H32IN3O. The van der Waals surface area contributed by atoms with Crippen LogP contribution in [0.4, 0.5) is 0 Å². The minimum atomic E-state index is 0. The van der Waals surface area contributed by atoms with Crippen LogP contribution in [0.25, 0.3) is 0 Å². The van der Waals surface area contributed by atoms with Crippen LogP contribution in [-0.4, -0.2) is 44.1 Å². The van der Waals surface area contributed by atoms with Gasteiger partial charge in [0.2, 0.25) is 0 Å². The zero-order valence-corrected chi connectivity index (χ0v) is 19.3. The van der Waals surface area contributed by atoms with Crippen molar-refractivity contribution >= 4 is 29.9 Å². The fourth-order valence-electron chi connectivity index (χ4n) is 3.60. The summed E-state index contributed by atoms with van der Waals surface area (Å²) >= 11 is 0. The zero-order valence-electron chi connectivity index (χ0n) is 16.9. The molecular weight excluding hydrogens is 461 g/mol. The van der Waals surface area contributed by atoms with Gasteiger partial charge in [0, 0.05) is 32.6 Å². The van der Waals surface area contributed by atoms with E-state index in [1.807, 2.05) is 13.1 Å². The lowest BCUT2D eigenvalue weighted by molar-refractivity contribution is 0.0907. The number of benzene rings is 2. The van der Waals surface area contributed by atoms with Gasteiger partial charge < -0.3 is 15.0 Å². The third-order valence-electron chi connectivity index (χ3n) is 5.04. The number of aliphatic imine (C=N–C) groups is 1. The average Bonchev–Trinajstić information content (AvgIpc) is 3.15. The predicted octanol–water partition coefficient (Wildman–Crippen LogP) is 4.27. The molecule has 0 aliphatic carbocycles. The number of ether oxygens (including phenoxy) is 1. The van der Waals surface area contributed by atoms with Crippen LogP contribution in [-0.2, 0) is 17.8 Å². The number of aryl methyl sites for hydroxylation is 1. The van der Waals surface area contributed by atoms with Crippen LogP contribution in [0.2, 0.25) is 0 Å². The van der Waals surface area contributed by atoms with Gasteiger partial charge in [-0.3, -0.25) is 4.99 Å². The highest BCUT2D eigenvalue weighted by atomic mass is 127. The lowest BCUT2D eigenvalue weighted by Gasteiger charge is -2.22. The van der Waals surface area contributed by atoms with E-state index in [0.29, 0.717) is 12.5 Å². The van der Waals surface area contributed by atoms with Gasteiger partial charge >= 0.3 is 0 Å². The molecule has 1 aliphatic rings. The van der Waals surface area contributed by atoms with Crippen molar-refractivity contribution in [3.63, 3.8) is 0 Å². The van der Waals surface area contributed by atoms with Gasteiger partial charge in [-0.1, -0.05) is 60.2 Å². The minimum Gasteiger partial charge on any atom is -0.376 e. The number of halogens is 1. The first kappa shape index (κ1) is 22.7. The second-order valence-corrected chi connectivity index (χ2v) is 7.31. The first-order valence-electron chi connectivity index (χ1n) is 9.87. The molecule has 1 unspecified atom stereocenters. The van der Waals surface area contributed by atoms with Crippen LogP contribution in [0.15, 0.2) is 59.6 Å². The predicted molar refractivity (Wildman–Crippen MR) is 127 cm³/mol. The molecule has 4 nitrogen and oxygen atoms in total. The van der Waals surface area contributed by atoms with Crippen LogP contribution in [0, 0.1) is 12.8 Å². The second kappa shape index (κ2) is 12.1. The van der Waals surface area contributed by atoms with E-state index in [1.54, 1.807) is 0 Å². The van der Waals surface area contributed by atoms with E-state index in [9.17, 15) is 0 Å². The van der Waals surface area contributed by atoms with E-state index in [0.717, 1.165) is 45.0 Å². The molecule has 1 fully saturated rings. The number of rotatable bonds is 7. The fourth-order valence-corrected chi connectivity index (χ4v) is 3.60. The molecule has 2 aromatic rings. The van der Waals surface area contributed by atoms with Crippen molar-refractivity contribution in [2.45, 2.75) is 26.4 Å². The van der Waals surface area contributed by atoms with Gasteiger partial charge in [-0.25, -0.2) is 0 Å². The summed E-state index contributed by atoms with van der Waals surface area (Å²) in [5.74, 6) is 1.58. The number of nitrogens with one attached hydrogen (secondary N) is 1. The molecule has 0 bridgehead atoms. The highest BCUT2D eigenvalue weighted by Gasteiger charge is 2.24. The monoisotopic (exact) mass is 493 g/mol. The highest BCUT2D eigenvalue weighted by molar-refractivity contribution is 14.0. The number of guanidine groups is 1. The van der Waals surface area contributed by atoms with Crippen LogP contribution in [0.1, 0.15) is 23.1 Å². The van der Waals surface area contributed by atoms with Crippen molar-refractivity contribution < 1.29 is 4.74 Å². The average molecular weight is 493 g/mol. The fraction of sp³-hybridized carbons (Fsp3) is 0.435. The van der Waals surface area contributed by atoms with E-state index < -0.39 is 0 Å². The van der Waals surface area contributed by atoms with Crippen molar-refractivity contribution in [2.75, 3.05) is 33.3 Å². The molecule has 1 heterocycles. The third kappa shape index (κ3) is 7.09. The number of hydrogen-bond acceptors (Lipinski definition) is 2. The topological polar surface area (TPSA) is 36.9 Å². The molecule has 152 valence electrons. The first-order chi connectivity index (χ1) is 13.2. The smallest absolute Gasteiger partial charge is 0.193 e. The van der Waals surface area contributed by atoms with Gasteiger partial charge in [0.25, 0.3) is 0 Å². The summed E-state index contributed by atoms with van der Waals surface area (Å²) in [5, 5.41) is 3.52. The van der Waals surface area contributed by atoms with E-state index in [4.69, 9.17) is 4.74 Å². The molecule has 3 rings (SSSR count). The van der Waals surface area contributed by atoms with Crippen molar-refractivity contribution in [2.24, 2.45) is 10.9 Å². The lowest BCUT2D eigenvalue weighted by atomic mass is 10.1. The summed E-state index contributed by atoms with van der Waals surface area (Å²) in [4.78, 5) is 6.83. The minimum absolute atomic E-state index is 0. The molecule has 28 heavy (non-hydrogen) atoms. The summed E-state index contributed by atoms with van der Waals surface area (Å²) in [7, 11) is 1.87. The summed E-state index contributed by atoms with van der Waals surface area (Å²) < 4.78 is 5.93. The van der Waals surface area contributed by atoms with Crippen LogP contribution >= 0.6 is 24.0 Å². The Morgan fingerprint density at radius 2 is 1.93 bits per heavy atom. The largest absolute Gasteiger partial charge is 0.376 e. The number of hydrogen-bond donors (Lipinski definition) is 1. The molecule has 0 spiro atoms. The molecule has 5 heteroatoms. The molecule has 1 saturated heterocycles. The highest BCUT2D eigenvalue weighted by Crippen LogP contribution is 2.17. The second-order valence-electron chi connectivity index (χ2n) is 7.31. The van der Waals surface area contributed by atoms with Crippen LogP contribution < -0.4 is 5.32 Å². The Labute approximate surface area is 186 Å². The van der Waals surface area contributed by atoms with Gasteiger partial charge in [0.1, 0.15) is 0 Å². The number of nitrogens with zero attached hydrogens (tertiary/aromatic N) is 2. The quantitative estimate of drug-likeness (QED) is 0.356. The molecule has 0 aromatic heterocycles.